The normalized spacial score (nSPS) is 15.2. The highest BCUT2D eigenvalue weighted by Crippen LogP contribution is 2.28. The van der Waals surface area contributed by atoms with Crippen LogP contribution in [0.15, 0.2) is 42.7 Å². The molecule has 37 heavy (non-hydrogen) atoms. The Balaban J connectivity index is 1.54. The van der Waals surface area contributed by atoms with E-state index >= 15 is 0 Å². The van der Waals surface area contributed by atoms with Crippen molar-refractivity contribution < 1.29 is 0 Å². The van der Waals surface area contributed by atoms with E-state index < -0.39 is 0 Å². The third-order valence-electron chi connectivity index (χ3n) is 8.26. The van der Waals surface area contributed by atoms with Crippen LogP contribution < -0.4 is 4.90 Å². The zero-order chi connectivity index (χ0) is 26.2. The Morgan fingerprint density at radius 2 is 0.919 bits per heavy atom. The van der Waals surface area contributed by atoms with Crippen LogP contribution >= 0.6 is 0 Å². The molecule has 212 valence electrons. The van der Waals surface area contributed by atoms with Crippen molar-refractivity contribution in [1.29, 1.82) is 0 Å². The van der Waals surface area contributed by atoms with E-state index in [1.54, 1.807) is 0 Å². The van der Waals surface area contributed by atoms with Gasteiger partial charge in [0.1, 0.15) is 6.17 Å². The summed E-state index contributed by atoms with van der Waals surface area (Å²) in [5.41, 5.74) is 1.34. The Morgan fingerprint density at radius 3 is 1.41 bits per heavy atom. The van der Waals surface area contributed by atoms with Gasteiger partial charge in [-0.2, -0.15) is 0 Å². The van der Waals surface area contributed by atoms with Gasteiger partial charge in [0.05, 0.1) is 0 Å². The van der Waals surface area contributed by atoms with Gasteiger partial charge in [0.25, 0.3) is 0 Å². The van der Waals surface area contributed by atoms with Crippen molar-refractivity contribution in [2.45, 2.75) is 168 Å². The Hall–Kier alpha value is -1.44. The zero-order valence-corrected chi connectivity index (χ0v) is 25.0. The third-order valence-corrected chi connectivity index (χ3v) is 8.26. The van der Waals surface area contributed by atoms with Crippen molar-refractivity contribution in [2.75, 3.05) is 11.4 Å². The Bertz CT molecular complexity index is 640. The molecule has 1 aliphatic heterocycles. The molecular weight excluding hydrogens is 448 g/mol. The summed E-state index contributed by atoms with van der Waals surface area (Å²) in [6, 6.07) is 11.0. The standard InChI is InChI=1S/C35H62N2/c1-3-5-7-9-11-12-13-14-15-16-17-18-20-22-27-31-36-32-33-37(34-28-24-23-25-29-34)35(36)30-26-21-19-10-8-6-4-2/h23-25,28-29,32-33,35H,3-22,26-27,30-31H2,1-2H3. The first-order chi connectivity index (χ1) is 18.4. The maximum absolute atomic E-state index is 2.63. The van der Waals surface area contributed by atoms with Gasteiger partial charge in [-0.25, -0.2) is 0 Å². The average Bonchev–Trinajstić information content (AvgIpc) is 3.33. The minimum Gasteiger partial charge on any atom is -0.356 e. The molecule has 0 fully saturated rings. The SMILES string of the molecule is CCCCCCCCCCCCCCCCCN1C=CN(c2ccccc2)C1CCCCCCCCC. The van der Waals surface area contributed by atoms with Crippen LogP contribution in [0.3, 0.4) is 0 Å². The molecule has 0 spiro atoms. The molecule has 1 heterocycles. The van der Waals surface area contributed by atoms with Crippen LogP contribution in [0.25, 0.3) is 0 Å². The second-order valence-electron chi connectivity index (χ2n) is 11.6. The molecule has 1 aromatic rings. The van der Waals surface area contributed by atoms with E-state index in [9.17, 15) is 0 Å². The maximum atomic E-state index is 2.63. The Kier molecular flexibility index (Phi) is 19.4. The predicted octanol–water partition coefficient (Wildman–Crippen LogP) is 11.6. The van der Waals surface area contributed by atoms with E-state index in [0.29, 0.717) is 6.17 Å². The molecule has 0 amide bonds. The minimum atomic E-state index is 0.504. The fourth-order valence-electron chi connectivity index (χ4n) is 5.85. The highest BCUT2D eigenvalue weighted by molar-refractivity contribution is 5.51. The monoisotopic (exact) mass is 510 g/mol. The van der Waals surface area contributed by atoms with Gasteiger partial charge in [-0.3, -0.25) is 0 Å². The van der Waals surface area contributed by atoms with E-state index in [1.165, 1.54) is 160 Å². The molecule has 1 unspecified atom stereocenters. The molecule has 1 aromatic carbocycles. The van der Waals surface area contributed by atoms with Gasteiger partial charge in [0.15, 0.2) is 0 Å². The van der Waals surface area contributed by atoms with E-state index in [4.69, 9.17) is 0 Å². The highest BCUT2D eigenvalue weighted by atomic mass is 15.4. The average molecular weight is 511 g/mol. The summed E-state index contributed by atoms with van der Waals surface area (Å²) in [4.78, 5) is 5.15. The van der Waals surface area contributed by atoms with Crippen molar-refractivity contribution in [1.82, 2.24) is 4.90 Å². The lowest BCUT2D eigenvalue weighted by molar-refractivity contribution is 0.273. The molecule has 1 atom stereocenters. The number of unbranched alkanes of at least 4 members (excludes halogenated alkanes) is 20. The lowest BCUT2D eigenvalue weighted by Crippen LogP contribution is -2.39. The predicted molar refractivity (Wildman–Crippen MR) is 166 cm³/mol. The second-order valence-corrected chi connectivity index (χ2v) is 11.6. The van der Waals surface area contributed by atoms with Crippen molar-refractivity contribution in [2.24, 2.45) is 0 Å². The molecule has 0 bridgehead atoms. The topological polar surface area (TPSA) is 6.48 Å². The fraction of sp³-hybridized carbons (Fsp3) is 0.771. The summed E-state index contributed by atoms with van der Waals surface area (Å²) in [6.07, 6.45) is 37.7. The number of nitrogens with zero attached hydrogens (tertiary/aromatic N) is 2. The third kappa shape index (κ3) is 14.9. The lowest BCUT2D eigenvalue weighted by Gasteiger charge is -2.33. The van der Waals surface area contributed by atoms with Crippen LogP contribution in [0.4, 0.5) is 5.69 Å². The van der Waals surface area contributed by atoms with E-state index in [-0.39, 0.29) is 0 Å². The second kappa shape index (κ2) is 22.5. The van der Waals surface area contributed by atoms with Crippen molar-refractivity contribution in [3.8, 4) is 0 Å². The molecule has 0 aliphatic carbocycles. The molecule has 2 nitrogen and oxygen atoms in total. The summed E-state index contributed by atoms with van der Waals surface area (Å²) >= 11 is 0. The van der Waals surface area contributed by atoms with Crippen LogP contribution in [0.2, 0.25) is 0 Å². The maximum Gasteiger partial charge on any atom is 0.105 e. The first-order valence-corrected chi connectivity index (χ1v) is 16.6. The molecule has 2 heteroatoms. The minimum absolute atomic E-state index is 0.504. The van der Waals surface area contributed by atoms with Crippen LogP contribution in [-0.4, -0.2) is 17.6 Å². The van der Waals surface area contributed by atoms with E-state index in [2.05, 4.69) is 66.4 Å². The van der Waals surface area contributed by atoms with E-state index in [1.807, 2.05) is 0 Å². The Labute approximate surface area is 232 Å². The van der Waals surface area contributed by atoms with Crippen LogP contribution in [0, 0.1) is 0 Å². The van der Waals surface area contributed by atoms with Gasteiger partial charge in [-0.15, -0.1) is 0 Å². The van der Waals surface area contributed by atoms with Crippen molar-refractivity contribution in [3.05, 3.63) is 42.7 Å². The Morgan fingerprint density at radius 1 is 0.486 bits per heavy atom. The molecular formula is C35H62N2. The molecule has 0 saturated heterocycles. The number of anilines is 1. The first-order valence-electron chi connectivity index (χ1n) is 16.6. The lowest BCUT2D eigenvalue weighted by atomic mass is 10.0. The summed E-state index contributed by atoms with van der Waals surface area (Å²) < 4.78 is 0. The van der Waals surface area contributed by atoms with E-state index in [0.717, 1.165) is 0 Å². The molecule has 0 N–H and O–H groups in total. The summed E-state index contributed by atoms with van der Waals surface area (Å²) in [5, 5.41) is 0. The van der Waals surface area contributed by atoms with Gasteiger partial charge in [0.2, 0.25) is 0 Å². The summed E-state index contributed by atoms with van der Waals surface area (Å²) in [7, 11) is 0. The smallest absolute Gasteiger partial charge is 0.105 e. The van der Waals surface area contributed by atoms with Gasteiger partial charge in [-0.05, 0) is 31.4 Å². The number of hydrogen-bond donors (Lipinski definition) is 0. The van der Waals surface area contributed by atoms with Crippen LogP contribution in [-0.2, 0) is 0 Å². The highest BCUT2D eigenvalue weighted by Gasteiger charge is 2.26. The molecule has 0 radical (unpaired) electrons. The zero-order valence-electron chi connectivity index (χ0n) is 25.0. The summed E-state index contributed by atoms with van der Waals surface area (Å²) in [5.74, 6) is 0. The molecule has 1 aliphatic rings. The quantitative estimate of drug-likeness (QED) is 0.121. The van der Waals surface area contributed by atoms with Crippen molar-refractivity contribution in [3.63, 3.8) is 0 Å². The molecule has 0 saturated carbocycles. The molecule has 2 rings (SSSR count). The van der Waals surface area contributed by atoms with Crippen LogP contribution in [0.1, 0.15) is 162 Å². The number of benzene rings is 1. The number of rotatable bonds is 25. The molecule has 0 aromatic heterocycles. The van der Waals surface area contributed by atoms with Gasteiger partial charge in [0, 0.05) is 24.6 Å². The van der Waals surface area contributed by atoms with Crippen LogP contribution in [0.5, 0.6) is 0 Å². The number of para-hydroxylation sites is 1. The number of hydrogen-bond acceptors (Lipinski definition) is 2. The van der Waals surface area contributed by atoms with Gasteiger partial charge < -0.3 is 9.80 Å². The van der Waals surface area contributed by atoms with Gasteiger partial charge in [-0.1, -0.05) is 160 Å². The first kappa shape index (κ1) is 31.8. The fourth-order valence-corrected chi connectivity index (χ4v) is 5.85. The summed E-state index contributed by atoms with van der Waals surface area (Å²) in [6.45, 7) is 5.82. The van der Waals surface area contributed by atoms with Gasteiger partial charge >= 0.3 is 0 Å². The van der Waals surface area contributed by atoms with Crippen molar-refractivity contribution >= 4 is 5.69 Å². The largest absolute Gasteiger partial charge is 0.356 e.